The van der Waals surface area contributed by atoms with Gasteiger partial charge in [0.05, 0.1) is 5.70 Å². The van der Waals surface area contributed by atoms with Crippen molar-refractivity contribution in [1.82, 2.24) is 5.32 Å². The van der Waals surface area contributed by atoms with Crippen molar-refractivity contribution in [3.8, 4) is 0 Å². The zero-order chi connectivity index (χ0) is 14.8. The topological polar surface area (TPSA) is 41.1 Å². The van der Waals surface area contributed by atoms with Crippen LogP contribution >= 0.6 is 0 Å². The summed E-state index contributed by atoms with van der Waals surface area (Å²) in [5.41, 5.74) is 4.35. The van der Waals surface area contributed by atoms with Gasteiger partial charge in [-0.2, -0.15) is 0 Å². The van der Waals surface area contributed by atoms with Crippen LogP contribution in [0.15, 0.2) is 47.8 Å². The fourth-order valence-corrected chi connectivity index (χ4v) is 3.06. The molecular formula is C18H22N2O. The molecule has 21 heavy (non-hydrogen) atoms. The Morgan fingerprint density at radius 1 is 1.14 bits per heavy atom. The minimum Gasteiger partial charge on any atom is -0.377 e. The molecule has 0 aromatic heterocycles. The number of aryl methyl sites for hydroxylation is 1. The predicted molar refractivity (Wildman–Crippen MR) is 86.0 cm³/mol. The molecule has 0 aliphatic heterocycles. The van der Waals surface area contributed by atoms with E-state index < -0.39 is 0 Å². The number of hydrogen-bond donors (Lipinski definition) is 2. The molecule has 0 bridgehead atoms. The van der Waals surface area contributed by atoms with Crippen LogP contribution in [0.2, 0.25) is 0 Å². The number of ketones is 1. The van der Waals surface area contributed by atoms with E-state index in [2.05, 4.69) is 36.3 Å². The zero-order valence-electron chi connectivity index (χ0n) is 12.5. The third-order valence-electron chi connectivity index (χ3n) is 4.29. The van der Waals surface area contributed by atoms with E-state index in [1.54, 1.807) is 0 Å². The van der Waals surface area contributed by atoms with Gasteiger partial charge in [0.15, 0.2) is 0 Å². The van der Waals surface area contributed by atoms with Crippen LogP contribution in [0.3, 0.4) is 0 Å². The molecule has 3 rings (SSSR count). The van der Waals surface area contributed by atoms with Crippen molar-refractivity contribution < 1.29 is 4.79 Å². The van der Waals surface area contributed by atoms with Crippen LogP contribution in [-0.2, 0) is 4.79 Å². The minimum atomic E-state index is 0.0516. The summed E-state index contributed by atoms with van der Waals surface area (Å²) >= 11 is 0. The second-order valence-electron chi connectivity index (χ2n) is 6.03. The Morgan fingerprint density at radius 2 is 1.90 bits per heavy atom. The van der Waals surface area contributed by atoms with Crippen LogP contribution in [-0.4, -0.2) is 11.8 Å². The number of allylic oxidation sites excluding steroid dienone is 2. The van der Waals surface area contributed by atoms with Crippen LogP contribution in [0.25, 0.3) is 0 Å². The second kappa shape index (κ2) is 5.76. The van der Waals surface area contributed by atoms with E-state index in [-0.39, 0.29) is 5.78 Å². The molecule has 0 amide bonds. The van der Waals surface area contributed by atoms with E-state index in [1.807, 2.05) is 12.1 Å². The third-order valence-corrected chi connectivity index (χ3v) is 4.29. The van der Waals surface area contributed by atoms with Crippen molar-refractivity contribution in [2.24, 2.45) is 0 Å². The molecule has 0 radical (unpaired) electrons. The molecule has 3 nitrogen and oxygen atoms in total. The van der Waals surface area contributed by atoms with Crippen molar-refractivity contribution in [1.29, 1.82) is 0 Å². The van der Waals surface area contributed by atoms with Gasteiger partial charge in [0, 0.05) is 17.3 Å². The lowest BCUT2D eigenvalue weighted by Crippen LogP contribution is -2.41. The summed E-state index contributed by atoms with van der Waals surface area (Å²) in [5.74, 6) is 0.0516. The molecule has 1 aromatic carbocycles. The molecule has 0 saturated heterocycles. The normalized spacial score (nSPS) is 19.5. The summed E-state index contributed by atoms with van der Waals surface area (Å²) in [7, 11) is 0. The maximum absolute atomic E-state index is 12.0. The predicted octanol–water partition coefficient (Wildman–Crippen LogP) is 3.68. The van der Waals surface area contributed by atoms with Crippen molar-refractivity contribution >= 4 is 11.5 Å². The van der Waals surface area contributed by atoms with E-state index in [9.17, 15) is 4.79 Å². The number of rotatable bonds is 4. The molecule has 0 unspecified atom stereocenters. The Hall–Kier alpha value is -2.03. The molecule has 1 aromatic rings. The molecule has 110 valence electrons. The van der Waals surface area contributed by atoms with Gasteiger partial charge >= 0.3 is 0 Å². The van der Waals surface area contributed by atoms with Gasteiger partial charge in [0.1, 0.15) is 5.70 Å². The van der Waals surface area contributed by atoms with Crippen LogP contribution < -0.4 is 10.6 Å². The summed E-state index contributed by atoms with van der Waals surface area (Å²) < 4.78 is 0. The first-order valence-electron chi connectivity index (χ1n) is 7.73. The highest BCUT2D eigenvalue weighted by Crippen LogP contribution is 2.30. The number of carbonyl (C=O) groups excluding carboxylic acids is 1. The van der Waals surface area contributed by atoms with Gasteiger partial charge in [0.2, 0.25) is 5.78 Å². The van der Waals surface area contributed by atoms with E-state index in [1.165, 1.54) is 24.8 Å². The Morgan fingerprint density at radius 3 is 2.62 bits per heavy atom. The van der Waals surface area contributed by atoms with Crippen LogP contribution in [0, 0.1) is 6.92 Å². The lowest BCUT2D eigenvalue weighted by molar-refractivity contribution is -0.113. The van der Waals surface area contributed by atoms with Crippen molar-refractivity contribution in [3.63, 3.8) is 0 Å². The lowest BCUT2D eigenvalue weighted by Gasteiger charge is -2.32. The Balaban J connectivity index is 1.76. The molecule has 0 spiro atoms. The smallest absolute Gasteiger partial charge is 0.212 e. The number of Topliss-reactive ketones (excluding diaryl/α,β-unsaturated/α-hetero) is 1. The van der Waals surface area contributed by atoms with Crippen LogP contribution in [0.4, 0.5) is 5.69 Å². The molecule has 1 saturated carbocycles. The summed E-state index contributed by atoms with van der Waals surface area (Å²) in [6.07, 6.45) is 6.12. The van der Waals surface area contributed by atoms with Crippen LogP contribution in [0.5, 0.6) is 0 Å². The molecule has 3 heteroatoms. The van der Waals surface area contributed by atoms with Gasteiger partial charge < -0.3 is 10.6 Å². The third kappa shape index (κ3) is 2.87. The zero-order valence-corrected chi connectivity index (χ0v) is 12.5. The lowest BCUT2D eigenvalue weighted by atomic mass is 9.89. The first-order chi connectivity index (χ1) is 10.1. The Kier molecular flexibility index (Phi) is 3.82. The molecule has 2 aliphatic carbocycles. The Bertz CT molecular complexity index is 609. The number of hydrogen-bond acceptors (Lipinski definition) is 3. The molecular weight excluding hydrogens is 260 g/mol. The van der Waals surface area contributed by atoms with Crippen molar-refractivity contribution in [3.05, 3.63) is 53.4 Å². The van der Waals surface area contributed by atoms with E-state index in [4.69, 9.17) is 0 Å². The first-order valence-corrected chi connectivity index (χ1v) is 7.73. The van der Waals surface area contributed by atoms with Gasteiger partial charge in [-0.25, -0.2) is 0 Å². The monoisotopic (exact) mass is 282 g/mol. The van der Waals surface area contributed by atoms with Crippen molar-refractivity contribution in [2.45, 2.75) is 45.1 Å². The standard InChI is InChI=1S/C18H22N2O/c1-12-7-6-10-15(11-12)20-16-13(2)18(21)17(16)19-14-8-4-3-5-9-14/h6-7,10-11,14,19-20H,2-5,8-9H2,1H3. The first kappa shape index (κ1) is 13.9. The highest BCUT2D eigenvalue weighted by Gasteiger charge is 2.33. The van der Waals surface area contributed by atoms with E-state index in [0.717, 1.165) is 24.2 Å². The highest BCUT2D eigenvalue weighted by atomic mass is 16.1. The largest absolute Gasteiger partial charge is 0.377 e. The molecule has 0 heterocycles. The summed E-state index contributed by atoms with van der Waals surface area (Å²) in [4.78, 5) is 12.0. The summed E-state index contributed by atoms with van der Waals surface area (Å²) in [6, 6.07) is 8.58. The summed E-state index contributed by atoms with van der Waals surface area (Å²) in [5, 5.41) is 6.76. The highest BCUT2D eigenvalue weighted by molar-refractivity contribution is 6.20. The fraction of sp³-hybridized carbons (Fsp3) is 0.389. The fourth-order valence-electron chi connectivity index (χ4n) is 3.06. The van der Waals surface area contributed by atoms with E-state index >= 15 is 0 Å². The second-order valence-corrected chi connectivity index (χ2v) is 6.03. The SMILES string of the molecule is C=C1C(=O)C(NC2CCCCC2)=C1Nc1cccc(C)c1. The molecule has 1 fully saturated rings. The number of benzene rings is 1. The number of anilines is 1. The summed E-state index contributed by atoms with van der Waals surface area (Å²) in [6.45, 7) is 5.93. The number of carbonyl (C=O) groups is 1. The molecule has 0 atom stereocenters. The van der Waals surface area contributed by atoms with Gasteiger partial charge in [-0.1, -0.05) is 38.0 Å². The maximum Gasteiger partial charge on any atom is 0.212 e. The Labute approximate surface area is 126 Å². The number of nitrogens with one attached hydrogen (secondary N) is 2. The average Bonchev–Trinajstić information content (AvgIpc) is 2.51. The molecule has 2 aliphatic rings. The maximum atomic E-state index is 12.0. The average molecular weight is 282 g/mol. The van der Waals surface area contributed by atoms with Gasteiger partial charge in [0.25, 0.3) is 0 Å². The molecule has 2 N–H and O–H groups in total. The minimum absolute atomic E-state index is 0.0516. The van der Waals surface area contributed by atoms with Gasteiger partial charge in [-0.05, 0) is 37.5 Å². The quantitative estimate of drug-likeness (QED) is 0.828. The van der Waals surface area contributed by atoms with Gasteiger partial charge in [-0.3, -0.25) is 4.79 Å². The van der Waals surface area contributed by atoms with Crippen LogP contribution in [0.1, 0.15) is 37.7 Å². The van der Waals surface area contributed by atoms with Crippen molar-refractivity contribution in [2.75, 3.05) is 5.32 Å². The van der Waals surface area contributed by atoms with E-state index in [0.29, 0.717) is 17.3 Å². The van der Waals surface area contributed by atoms with Gasteiger partial charge in [-0.15, -0.1) is 0 Å².